The highest BCUT2D eigenvalue weighted by atomic mass is 79.9. The number of nitrogens with zero attached hydrogens (tertiary/aromatic N) is 4. The van der Waals surface area contributed by atoms with Crippen LogP contribution in [0.4, 0.5) is 0 Å². The van der Waals surface area contributed by atoms with E-state index in [9.17, 15) is 4.79 Å². The van der Waals surface area contributed by atoms with Gasteiger partial charge in [0, 0.05) is 13.0 Å². The summed E-state index contributed by atoms with van der Waals surface area (Å²) >= 11 is 4.62. The van der Waals surface area contributed by atoms with Crippen molar-refractivity contribution in [3.63, 3.8) is 0 Å². The summed E-state index contributed by atoms with van der Waals surface area (Å²) < 4.78 is 7.40. The van der Waals surface area contributed by atoms with Crippen molar-refractivity contribution < 1.29 is 9.21 Å². The first-order chi connectivity index (χ1) is 9.63. The number of nitrogens with one attached hydrogen (secondary N) is 1. The third kappa shape index (κ3) is 2.59. The van der Waals surface area contributed by atoms with Crippen molar-refractivity contribution in [3.05, 3.63) is 33.4 Å². The molecule has 104 valence electrons. The summed E-state index contributed by atoms with van der Waals surface area (Å²) in [6.07, 6.45) is 0.640. The fourth-order valence-corrected chi connectivity index (χ4v) is 2.85. The Bertz CT molecular complexity index is 762. The molecule has 20 heavy (non-hydrogen) atoms. The maximum atomic E-state index is 11.8. The van der Waals surface area contributed by atoms with Crippen LogP contribution in [0.1, 0.15) is 21.4 Å². The number of furan rings is 1. The highest BCUT2D eigenvalue weighted by Crippen LogP contribution is 2.15. The van der Waals surface area contributed by atoms with Gasteiger partial charge in [-0.05, 0) is 35.0 Å². The minimum atomic E-state index is -0.241. The van der Waals surface area contributed by atoms with E-state index >= 15 is 0 Å². The third-order valence-electron chi connectivity index (χ3n) is 2.61. The van der Waals surface area contributed by atoms with Crippen molar-refractivity contribution >= 4 is 38.1 Å². The van der Waals surface area contributed by atoms with Crippen molar-refractivity contribution in [2.45, 2.75) is 13.3 Å². The van der Waals surface area contributed by atoms with Crippen LogP contribution in [-0.4, -0.2) is 32.3 Å². The maximum Gasteiger partial charge on any atom is 0.287 e. The Morgan fingerprint density at radius 2 is 2.35 bits per heavy atom. The summed E-state index contributed by atoms with van der Waals surface area (Å²) in [5.41, 5.74) is 0. The van der Waals surface area contributed by atoms with Crippen LogP contribution >= 0.6 is 27.3 Å². The van der Waals surface area contributed by atoms with Gasteiger partial charge in [0.05, 0.1) is 0 Å². The van der Waals surface area contributed by atoms with Gasteiger partial charge in [-0.2, -0.15) is 9.61 Å². The monoisotopic (exact) mass is 355 g/mol. The van der Waals surface area contributed by atoms with Gasteiger partial charge < -0.3 is 9.73 Å². The summed E-state index contributed by atoms with van der Waals surface area (Å²) in [5.74, 6) is 0.799. The van der Waals surface area contributed by atoms with Crippen molar-refractivity contribution in [1.29, 1.82) is 0 Å². The van der Waals surface area contributed by atoms with Gasteiger partial charge in [-0.1, -0.05) is 11.3 Å². The summed E-state index contributed by atoms with van der Waals surface area (Å²) in [6.45, 7) is 2.33. The predicted octanol–water partition coefficient (Wildman–Crippen LogP) is 1.82. The van der Waals surface area contributed by atoms with Gasteiger partial charge >= 0.3 is 0 Å². The average Bonchev–Trinajstić information content (AvgIpc) is 3.08. The van der Waals surface area contributed by atoms with Gasteiger partial charge in [0.25, 0.3) is 5.91 Å². The van der Waals surface area contributed by atoms with E-state index in [2.05, 4.69) is 36.5 Å². The minimum Gasteiger partial charge on any atom is -0.444 e. The summed E-state index contributed by atoms with van der Waals surface area (Å²) in [7, 11) is 0. The van der Waals surface area contributed by atoms with Crippen LogP contribution in [0.2, 0.25) is 0 Å². The highest BCUT2D eigenvalue weighted by molar-refractivity contribution is 9.10. The highest BCUT2D eigenvalue weighted by Gasteiger charge is 2.11. The second kappa shape index (κ2) is 5.33. The van der Waals surface area contributed by atoms with Gasteiger partial charge in [-0.3, -0.25) is 4.79 Å². The lowest BCUT2D eigenvalue weighted by Crippen LogP contribution is -2.25. The van der Waals surface area contributed by atoms with E-state index in [-0.39, 0.29) is 11.7 Å². The molecule has 7 nitrogen and oxygen atoms in total. The molecule has 0 aliphatic rings. The number of hydrogen-bond donors (Lipinski definition) is 1. The first-order valence-electron chi connectivity index (χ1n) is 5.85. The molecule has 0 aromatic carbocycles. The molecule has 0 spiro atoms. The van der Waals surface area contributed by atoms with E-state index in [1.807, 2.05) is 6.92 Å². The molecule has 0 unspecified atom stereocenters. The molecule has 3 aromatic rings. The second-order valence-electron chi connectivity index (χ2n) is 4.05. The standard InChI is InChI=1S/C11H10BrN5O2S/c1-6-14-15-11-17(6)16-9(20-11)4-5-13-10(18)7-2-3-8(12)19-7/h2-3H,4-5H2,1H3,(H,13,18). The molecule has 0 fully saturated rings. The van der Waals surface area contributed by atoms with E-state index < -0.39 is 0 Å². The topological polar surface area (TPSA) is 85.3 Å². The van der Waals surface area contributed by atoms with Crippen LogP contribution in [0.3, 0.4) is 0 Å². The van der Waals surface area contributed by atoms with Gasteiger partial charge in [-0.25, -0.2) is 0 Å². The zero-order valence-corrected chi connectivity index (χ0v) is 12.9. The number of rotatable bonds is 4. The van der Waals surface area contributed by atoms with Gasteiger partial charge in [-0.15, -0.1) is 10.2 Å². The molecule has 0 atom stereocenters. The number of halogens is 1. The zero-order valence-electron chi connectivity index (χ0n) is 10.5. The van der Waals surface area contributed by atoms with Crippen LogP contribution < -0.4 is 5.32 Å². The van der Waals surface area contributed by atoms with Crippen LogP contribution in [-0.2, 0) is 6.42 Å². The molecule has 0 bridgehead atoms. The largest absolute Gasteiger partial charge is 0.444 e. The second-order valence-corrected chi connectivity index (χ2v) is 5.87. The van der Waals surface area contributed by atoms with Crippen LogP contribution in [0, 0.1) is 6.92 Å². The van der Waals surface area contributed by atoms with Crippen LogP contribution in [0.5, 0.6) is 0 Å². The molecule has 1 amide bonds. The molecule has 0 saturated heterocycles. The Labute approximate surface area is 126 Å². The SMILES string of the molecule is Cc1nnc2sc(CCNC(=O)c3ccc(Br)o3)nn12. The van der Waals surface area contributed by atoms with Crippen LogP contribution in [0.15, 0.2) is 21.2 Å². The number of carbonyl (C=O) groups is 1. The Morgan fingerprint density at radius 3 is 3.05 bits per heavy atom. The molecule has 0 aliphatic carbocycles. The van der Waals surface area contributed by atoms with Crippen molar-refractivity contribution in [1.82, 2.24) is 25.1 Å². The molecule has 1 N–H and O–H groups in total. The van der Waals surface area contributed by atoms with E-state index in [4.69, 9.17) is 4.42 Å². The summed E-state index contributed by atoms with van der Waals surface area (Å²) in [5, 5.41) is 16.0. The summed E-state index contributed by atoms with van der Waals surface area (Å²) in [6, 6.07) is 3.30. The molecule has 3 aromatic heterocycles. The lowest BCUT2D eigenvalue weighted by Gasteiger charge is -2.00. The Hall–Kier alpha value is -1.74. The summed E-state index contributed by atoms with van der Waals surface area (Å²) in [4.78, 5) is 12.5. The van der Waals surface area contributed by atoms with Crippen molar-refractivity contribution in [3.8, 4) is 0 Å². The number of hydrogen-bond acceptors (Lipinski definition) is 6. The van der Waals surface area contributed by atoms with Crippen molar-refractivity contribution in [2.75, 3.05) is 6.54 Å². The smallest absolute Gasteiger partial charge is 0.287 e. The Kier molecular flexibility index (Phi) is 3.53. The molecular weight excluding hydrogens is 346 g/mol. The van der Waals surface area contributed by atoms with Crippen molar-refractivity contribution in [2.24, 2.45) is 0 Å². The van der Waals surface area contributed by atoms with Gasteiger partial charge in [0.15, 0.2) is 16.3 Å². The predicted molar refractivity (Wildman–Crippen MR) is 75.8 cm³/mol. The van der Waals surface area contributed by atoms with E-state index in [0.29, 0.717) is 17.6 Å². The number of carbonyl (C=O) groups excluding carboxylic acids is 1. The molecule has 0 saturated carbocycles. The number of aromatic nitrogens is 4. The third-order valence-corrected chi connectivity index (χ3v) is 3.99. The molecule has 3 heterocycles. The van der Waals surface area contributed by atoms with E-state index in [0.717, 1.165) is 15.8 Å². The first-order valence-corrected chi connectivity index (χ1v) is 7.45. The fraction of sp³-hybridized carbons (Fsp3) is 0.273. The number of amides is 1. The van der Waals surface area contributed by atoms with Crippen LogP contribution in [0.25, 0.3) is 4.96 Å². The molecule has 0 radical (unpaired) electrons. The zero-order chi connectivity index (χ0) is 14.1. The van der Waals surface area contributed by atoms with E-state index in [1.54, 1.807) is 16.6 Å². The normalized spacial score (nSPS) is 11.1. The quantitative estimate of drug-likeness (QED) is 0.771. The Balaban J connectivity index is 1.58. The lowest BCUT2D eigenvalue weighted by atomic mass is 10.4. The molecule has 0 aliphatic heterocycles. The number of fused-ring (bicyclic) bond motifs is 1. The van der Waals surface area contributed by atoms with Gasteiger partial charge in [0.2, 0.25) is 4.96 Å². The minimum absolute atomic E-state index is 0.241. The molecular formula is C11H10BrN5O2S. The molecule has 9 heteroatoms. The lowest BCUT2D eigenvalue weighted by molar-refractivity contribution is 0.0925. The Morgan fingerprint density at radius 1 is 1.50 bits per heavy atom. The first kappa shape index (κ1) is 13.3. The van der Waals surface area contributed by atoms with E-state index in [1.165, 1.54) is 11.3 Å². The van der Waals surface area contributed by atoms with Gasteiger partial charge in [0.1, 0.15) is 5.01 Å². The fourth-order valence-electron chi connectivity index (χ4n) is 1.66. The molecule has 3 rings (SSSR count). The number of aryl methyl sites for hydroxylation is 1. The average molecular weight is 356 g/mol. The maximum absolute atomic E-state index is 11.8.